The molecule has 0 atom stereocenters. The molecule has 154 valence electrons. The van der Waals surface area contributed by atoms with Crippen molar-refractivity contribution in [2.45, 2.75) is 32.9 Å². The number of hydrogen-bond donors (Lipinski definition) is 2. The molecule has 1 aromatic heterocycles. The summed E-state index contributed by atoms with van der Waals surface area (Å²) in [5.74, 6) is 1.53. The van der Waals surface area contributed by atoms with Crippen LogP contribution in [-0.4, -0.2) is 42.6 Å². The SMILES string of the molecule is CC(C)c1cc(CNC(=NCc2ccc(Br)cc2)NCC(=O)N(C)C)on1.I. The Morgan fingerprint density at radius 3 is 2.50 bits per heavy atom. The van der Waals surface area contributed by atoms with Gasteiger partial charge in [-0.25, -0.2) is 4.99 Å². The van der Waals surface area contributed by atoms with E-state index in [1.165, 1.54) is 4.90 Å². The van der Waals surface area contributed by atoms with Crippen LogP contribution in [-0.2, 0) is 17.9 Å². The fourth-order valence-corrected chi connectivity index (χ4v) is 2.37. The van der Waals surface area contributed by atoms with Gasteiger partial charge in [0.05, 0.1) is 25.3 Å². The van der Waals surface area contributed by atoms with Crippen LogP contribution in [0.4, 0.5) is 0 Å². The number of carbonyl (C=O) groups excluding carboxylic acids is 1. The van der Waals surface area contributed by atoms with Crippen LogP contribution < -0.4 is 10.6 Å². The van der Waals surface area contributed by atoms with Gasteiger partial charge in [-0.1, -0.05) is 47.1 Å². The number of amides is 1. The highest BCUT2D eigenvalue weighted by Crippen LogP contribution is 2.14. The first kappa shape index (κ1) is 24.4. The Morgan fingerprint density at radius 2 is 1.93 bits per heavy atom. The first-order chi connectivity index (χ1) is 12.8. The number of likely N-dealkylation sites (N-methyl/N-ethyl adjacent to an activating group) is 1. The minimum absolute atomic E-state index is 0. The third-order valence-corrected chi connectivity index (χ3v) is 4.37. The molecule has 1 aromatic carbocycles. The highest BCUT2D eigenvalue weighted by atomic mass is 127. The second kappa shape index (κ2) is 12.1. The normalized spacial score (nSPS) is 11.1. The molecule has 28 heavy (non-hydrogen) atoms. The third-order valence-electron chi connectivity index (χ3n) is 3.84. The van der Waals surface area contributed by atoms with Crippen LogP contribution in [0.2, 0.25) is 0 Å². The van der Waals surface area contributed by atoms with E-state index in [-0.39, 0.29) is 36.4 Å². The molecule has 2 aromatic rings. The highest BCUT2D eigenvalue weighted by molar-refractivity contribution is 14.0. The van der Waals surface area contributed by atoms with E-state index in [1.54, 1.807) is 14.1 Å². The fraction of sp³-hybridized carbons (Fsp3) is 0.421. The first-order valence-electron chi connectivity index (χ1n) is 8.77. The first-order valence-corrected chi connectivity index (χ1v) is 9.56. The number of nitrogens with zero attached hydrogens (tertiary/aromatic N) is 3. The molecule has 1 amide bonds. The van der Waals surface area contributed by atoms with Crippen molar-refractivity contribution in [1.29, 1.82) is 0 Å². The van der Waals surface area contributed by atoms with E-state index in [4.69, 9.17) is 4.52 Å². The van der Waals surface area contributed by atoms with Crippen molar-refractivity contribution in [2.75, 3.05) is 20.6 Å². The van der Waals surface area contributed by atoms with E-state index in [9.17, 15) is 4.79 Å². The molecule has 0 unspecified atom stereocenters. The van der Waals surface area contributed by atoms with Gasteiger partial charge in [-0.3, -0.25) is 4.79 Å². The van der Waals surface area contributed by atoms with E-state index < -0.39 is 0 Å². The molecule has 9 heteroatoms. The Bertz CT molecular complexity index is 775. The van der Waals surface area contributed by atoms with Crippen molar-refractivity contribution in [3.8, 4) is 0 Å². The Morgan fingerprint density at radius 1 is 1.25 bits per heavy atom. The largest absolute Gasteiger partial charge is 0.359 e. The number of benzene rings is 1. The molecule has 0 radical (unpaired) electrons. The number of hydrogen-bond acceptors (Lipinski definition) is 4. The zero-order valence-electron chi connectivity index (χ0n) is 16.5. The van der Waals surface area contributed by atoms with Gasteiger partial charge >= 0.3 is 0 Å². The summed E-state index contributed by atoms with van der Waals surface area (Å²) >= 11 is 3.42. The third kappa shape index (κ3) is 8.17. The summed E-state index contributed by atoms with van der Waals surface area (Å²) in [6.45, 7) is 5.21. The molecule has 1 heterocycles. The monoisotopic (exact) mass is 563 g/mol. The van der Waals surface area contributed by atoms with E-state index in [2.05, 4.69) is 50.6 Å². The molecule has 2 rings (SSSR count). The van der Waals surface area contributed by atoms with Crippen molar-refractivity contribution < 1.29 is 9.32 Å². The van der Waals surface area contributed by atoms with Gasteiger partial charge in [-0.15, -0.1) is 24.0 Å². The summed E-state index contributed by atoms with van der Waals surface area (Å²) in [4.78, 5) is 17.9. The number of aliphatic imine (C=N–C) groups is 1. The lowest BCUT2D eigenvalue weighted by atomic mass is 10.1. The topological polar surface area (TPSA) is 82.8 Å². The minimum Gasteiger partial charge on any atom is -0.359 e. The Labute approximate surface area is 191 Å². The molecule has 0 aliphatic carbocycles. The van der Waals surface area contributed by atoms with Crippen molar-refractivity contribution in [1.82, 2.24) is 20.7 Å². The molecule has 0 aliphatic rings. The van der Waals surface area contributed by atoms with Crippen molar-refractivity contribution in [2.24, 2.45) is 4.99 Å². The molecule has 0 saturated heterocycles. The molecule has 0 fully saturated rings. The van der Waals surface area contributed by atoms with E-state index in [0.717, 1.165) is 21.5 Å². The standard InChI is InChI=1S/C19H26BrN5O2.HI/c1-13(2)17-9-16(27-24-17)11-22-19(23-12-18(26)25(3)4)21-10-14-5-7-15(20)8-6-14;/h5-9,13H,10-12H2,1-4H3,(H2,21,22,23);1H. The van der Waals surface area contributed by atoms with Crippen molar-refractivity contribution in [3.05, 3.63) is 51.8 Å². The van der Waals surface area contributed by atoms with Gasteiger partial charge in [0, 0.05) is 24.6 Å². The average molecular weight is 564 g/mol. The maximum absolute atomic E-state index is 11.9. The second-order valence-corrected chi connectivity index (χ2v) is 7.58. The van der Waals surface area contributed by atoms with E-state index in [0.29, 0.717) is 25.0 Å². The van der Waals surface area contributed by atoms with Crippen molar-refractivity contribution >= 4 is 51.8 Å². The number of nitrogens with one attached hydrogen (secondary N) is 2. The number of guanidine groups is 1. The predicted molar refractivity (Wildman–Crippen MR) is 125 cm³/mol. The Kier molecular flexibility index (Phi) is 10.5. The number of rotatable bonds is 7. The van der Waals surface area contributed by atoms with Gasteiger partial charge in [-0.2, -0.15) is 0 Å². The van der Waals surface area contributed by atoms with Crippen LogP contribution in [0.25, 0.3) is 0 Å². The molecule has 0 saturated carbocycles. The van der Waals surface area contributed by atoms with Gasteiger partial charge in [0.1, 0.15) is 0 Å². The van der Waals surface area contributed by atoms with Crippen LogP contribution in [0.5, 0.6) is 0 Å². The summed E-state index contributed by atoms with van der Waals surface area (Å²) in [6, 6.07) is 9.88. The van der Waals surface area contributed by atoms with Gasteiger partial charge in [0.25, 0.3) is 0 Å². The van der Waals surface area contributed by atoms with Gasteiger partial charge in [-0.05, 0) is 23.6 Å². The number of carbonyl (C=O) groups is 1. The highest BCUT2D eigenvalue weighted by Gasteiger charge is 2.10. The quantitative estimate of drug-likeness (QED) is 0.306. The summed E-state index contributed by atoms with van der Waals surface area (Å²) in [7, 11) is 3.44. The van der Waals surface area contributed by atoms with E-state index >= 15 is 0 Å². The molecular formula is C19H27BrIN5O2. The lowest BCUT2D eigenvalue weighted by molar-refractivity contribution is -0.127. The Balaban J connectivity index is 0.00000392. The summed E-state index contributed by atoms with van der Waals surface area (Å²) in [5, 5.41) is 10.3. The maximum Gasteiger partial charge on any atom is 0.241 e. The number of halogens is 2. The zero-order valence-corrected chi connectivity index (χ0v) is 20.4. The fourth-order valence-electron chi connectivity index (χ4n) is 2.11. The van der Waals surface area contributed by atoms with Crippen LogP contribution in [0.15, 0.2) is 44.3 Å². The summed E-state index contributed by atoms with van der Waals surface area (Å²) in [5.41, 5.74) is 1.98. The lowest BCUT2D eigenvalue weighted by Crippen LogP contribution is -2.42. The van der Waals surface area contributed by atoms with Crippen molar-refractivity contribution in [3.63, 3.8) is 0 Å². The molecule has 0 bridgehead atoms. The molecule has 0 spiro atoms. The summed E-state index contributed by atoms with van der Waals surface area (Å²) < 4.78 is 6.36. The second-order valence-electron chi connectivity index (χ2n) is 6.66. The van der Waals surface area contributed by atoms with Crippen LogP contribution in [0, 0.1) is 0 Å². The lowest BCUT2D eigenvalue weighted by Gasteiger charge is -2.14. The number of aromatic nitrogens is 1. The predicted octanol–water partition coefficient (Wildman–Crippen LogP) is 3.50. The van der Waals surface area contributed by atoms with Gasteiger partial charge < -0.3 is 20.1 Å². The smallest absolute Gasteiger partial charge is 0.241 e. The molecular weight excluding hydrogens is 537 g/mol. The summed E-state index contributed by atoms with van der Waals surface area (Å²) in [6.07, 6.45) is 0. The zero-order chi connectivity index (χ0) is 19.8. The molecule has 2 N–H and O–H groups in total. The van der Waals surface area contributed by atoms with Gasteiger partial charge in [0.15, 0.2) is 11.7 Å². The van der Waals surface area contributed by atoms with Crippen LogP contribution >= 0.6 is 39.9 Å². The van der Waals surface area contributed by atoms with Crippen LogP contribution in [0.3, 0.4) is 0 Å². The minimum atomic E-state index is -0.0325. The Hall–Kier alpha value is -1.62. The molecule has 7 nitrogen and oxygen atoms in total. The van der Waals surface area contributed by atoms with Gasteiger partial charge in [0.2, 0.25) is 5.91 Å². The van der Waals surface area contributed by atoms with Crippen LogP contribution in [0.1, 0.15) is 36.8 Å². The van der Waals surface area contributed by atoms with E-state index in [1.807, 2.05) is 30.3 Å². The average Bonchev–Trinajstić information content (AvgIpc) is 3.11. The molecule has 0 aliphatic heterocycles. The maximum atomic E-state index is 11.9.